The number of ketones is 1. The molecule has 1 atom stereocenters. The summed E-state index contributed by atoms with van der Waals surface area (Å²) in [6.07, 6.45) is 0.607. The van der Waals surface area contributed by atoms with Crippen molar-refractivity contribution < 1.29 is 17.9 Å². The van der Waals surface area contributed by atoms with Crippen LogP contribution < -0.4 is 4.90 Å². The van der Waals surface area contributed by atoms with Gasteiger partial charge in [-0.3, -0.25) is 4.79 Å². The standard InChI is InChI=1S/C18H24N4O4S3/c1-12-9-15(13(2)22(12)14-3-8-29(24,25)11-14)16(23)10-27-18-20-19-17(28-18)21-4-6-26-7-5-21/h9,14H,3-8,10-11H2,1-2H3. The van der Waals surface area contributed by atoms with E-state index >= 15 is 0 Å². The van der Waals surface area contributed by atoms with Crippen molar-refractivity contribution in [2.24, 2.45) is 0 Å². The highest BCUT2D eigenvalue weighted by atomic mass is 32.2. The zero-order valence-corrected chi connectivity index (χ0v) is 18.9. The van der Waals surface area contributed by atoms with Gasteiger partial charge in [-0.2, -0.15) is 0 Å². The van der Waals surface area contributed by atoms with Crippen LogP contribution in [0.15, 0.2) is 10.4 Å². The van der Waals surface area contributed by atoms with Crippen molar-refractivity contribution in [1.82, 2.24) is 14.8 Å². The van der Waals surface area contributed by atoms with Crippen molar-refractivity contribution in [1.29, 1.82) is 0 Å². The average molecular weight is 457 g/mol. The molecule has 4 heterocycles. The lowest BCUT2D eigenvalue weighted by atomic mass is 10.2. The lowest BCUT2D eigenvalue weighted by Crippen LogP contribution is -2.36. The number of aromatic nitrogens is 3. The second-order valence-corrected chi connectivity index (χ2v) is 11.8. The number of hydrogen-bond donors (Lipinski definition) is 0. The highest BCUT2D eigenvalue weighted by Gasteiger charge is 2.31. The normalized spacial score (nSPS) is 21.6. The van der Waals surface area contributed by atoms with Gasteiger partial charge >= 0.3 is 0 Å². The number of morpholine rings is 1. The van der Waals surface area contributed by atoms with Crippen LogP contribution in [0.4, 0.5) is 5.13 Å². The molecule has 0 amide bonds. The minimum atomic E-state index is -2.98. The maximum Gasteiger partial charge on any atom is 0.209 e. The van der Waals surface area contributed by atoms with Gasteiger partial charge in [0.05, 0.1) is 30.5 Å². The maximum absolute atomic E-state index is 12.8. The zero-order valence-electron chi connectivity index (χ0n) is 16.5. The van der Waals surface area contributed by atoms with E-state index in [2.05, 4.69) is 15.1 Å². The van der Waals surface area contributed by atoms with E-state index in [1.807, 2.05) is 24.5 Å². The van der Waals surface area contributed by atoms with Gasteiger partial charge in [0.2, 0.25) is 5.13 Å². The zero-order chi connectivity index (χ0) is 20.6. The molecule has 0 radical (unpaired) electrons. The number of anilines is 1. The third-order valence-electron chi connectivity index (χ3n) is 5.36. The third-order valence-corrected chi connectivity index (χ3v) is 9.23. The van der Waals surface area contributed by atoms with Gasteiger partial charge < -0.3 is 14.2 Å². The van der Waals surface area contributed by atoms with Crippen molar-refractivity contribution in [3.8, 4) is 0 Å². The number of carbonyl (C=O) groups excluding carboxylic acids is 1. The van der Waals surface area contributed by atoms with Gasteiger partial charge in [0, 0.05) is 36.1 Å². The molecule has 0 spiro atoms. The Hall–Kier alpha value is -1.43. The maximum atomic E-state index is 12.8. The molecular formula is C18H24N4O4S3. The number of aryl methyl sites for hydroxylation is 1. The van der Waals surface area contributed by atoms with Crippen molar-refractivity contribution in [2.75, 3.05) is 48.5 Å². The first-order valence-electron chi connectivity index (χ1n) is 9.55. The molecule has 29 heavy (non-hydrogen) atoms. The van der Waals surface area contributed by atoms with E-state index in [-0.39, 0.29) is 29.1 Å². The van der Waals surface area contributed by atoms with Crippen molar-refractivity contribution in [3.05, 3.63) is 23.0 Å². The first-order valence-corrected chi connectivity index (χ1v) is 13.2. The predicted octanol–water partition coefficient (Wildman–Crippen LogP) is 2.13. The summed E-state index contributed by atoms with van der Waals surface area (Å²) < 4.78 is 31.8. The molecular weight excluding hydrogens is 432 g/mol. The van der Waals surface area contributed by atoms with Gasteiger partial charge in [-0.15, -0.1) is 10.2 Å². The van der Waals surface area contributed by atoms with Gasteiger partial charge in [-0.1, -0.05) is 23.1 Å². The monoisotopic (exact) mass is 456 g/mol. The van der Waals surface area contributed by atoms with Gasteiger partial charge in [0.25, 0.3) is 0 Å². The SMILES string of the molecule is Cc1cc(C(=O)CSc2nnc(N3CCOCC3)s2)c(C)n1C1CCS(=O)(=O)C1. The van der Waals surface area contributed by atoms with Crippen LogP contribution in [0, 0.1) is 13.8 Å². The molecule has 0 bridgehead atoms. The molecule has 2 aromatic heterocycles. The number of hydrogen-bond acceptors (Lipinski definition) is 9. The first-order chi connectivity index (χ1) is 13.8. The fourth-order valence-electron chi connectivity index (χ4n) is 3.95. The lowest BCUT2D eigenvalue weighted by molar-refractivity contribution is 0.102. The second kappa shape index (κ2) is 8.37. The Labute approximate surface area is 178 Å². The van der Waals surface area contributed by atoms with E-state index in [1.54, 1.807) is 0 Å². The van der Waals surface area contributed by atoms with E-state index in [4.69, 9.17) is 4.74 Å². The fourth-order valence-corrected chi connectivity index (χ4v) is 7.42. The predicted molar refractivity (Wildman–Crippen MR) is 114 cm³/mol. The minimum absolute atomic E-state index is 0.0262. The van der Waals surface area contributed by atoms with Gasteiger partial charge in [-0.25, -0.2) is 8.42 Å². The number of thioether (sulfide) groups is 1. The summed E-state index contributed by atoms with van der Waals surface area (Å²) in [5.41, 5.74) is 2.45. The average Bonchev–Trinajstić information content (AvgIpc) is 3.38. The Kier molecular flexibility index (Phi) is 6.01. The molecule has 2 aliphatic heterocycles. The quantitative estimate of drug-likeness (QED) is 0.482. The van der Waals surface area contributed by atoms with E-state index in [9.17, 15) is 13.2 Å². The Bertz CT molecular complexity index is 1010. The summed E-state index contributed by atoms with van der Waals surface area (Å²) >= 11 is 2.89. The van der Waals surface area contributed by atoms with Crippen LogP contribution in [0.3, 0.4) is 0 Å². The Morgan fingerprint density at radius 3 is 2.76 bits per heavy atom. The topological polar surface area (TPSA) is 94.4 Å². The molecule has 158 valence electrons. The van der Waals surface area contributed by atoms with Gasteiger partial charge in [-0.05, 0) is 26.3 Å². The summed E-state index contributed by atoms with van der Waals surface area (Å²) in [6, 6.07) is 1.80. The highest BCUT2D eigenvalue weighted by molar-refractivity contribution is 8.01. The largest absolute Gasteiger partial charge is 0.378 e. The van der Waals surface area contributed by atoms with Crippen LogP contribution in [0.1, 0.15) is 34.2 Å². The van der Waals surface area contributed by atoms with Crippen LogP contribution in [-0.4, -0.2) is 72.5 Å². The van der Waals surface area contributed by atoms with E-state index < -0.39 is 9.84 Å². The van der Waals surface area contributed by atoms with E-state index in [0.717, 1.165) is 33.9 Å². The van der Waals surface area contributed by atoms with Gasteiger partial charge in [0.15, 0.2) is 20.0 Å². The lowest BCUT2D eigenvalue weighted by Gasteiger charge is -2.25. The van der Waals surface area contributed by atoms with Crippen molar-refractivity contribution in [2.45, 2.75) is 30.6 Å². The number of rotatable bonds is 6. The molecule has 2 aliphatic rings. The molecule has 2 saturated heterocycles. The molecule has 11 heteroatoms. The van der Waals surface area contributed by atoms with Crippen LogP contribution in [0.2, 0.25) is 0 Å². The Morgan fingerprint density at radius 1 is 1.31 bits per heavy atom. The molecule has 2 aromatic rings. The Balaban J connectivity index is 1.42. The number of nitrogens with zero attached hydrogens (tertiary/aromatic N) is 4. The fraction of sp³-hybridized carbons (Fsp3) is 0.611. The molecule has 4 rings (SSSR count). The van der Waals surface area contributed by atoms with Gasteiger partial charge in [0.1, 0.15) is 0 Å². The molecule has 8 nitrogen and oxygen atoms in total. The number of sulfone groups is 1. The number of carbonyl (C=O) groups is 1. The number of Topliss-reactive ketones (excluding diaryl/α,β-unsaturated/α-hetero) is 1. The van der Waals surface area contributed by atoms with Crippen molar-refractivity contribution in [3.63, 3.8) is 0 Å². The van der Waals surface area contributed by atoms with E-state index in [1.165, 1.54) is 23.1 Å². The summed E-state index contributed by atoms with van der Waals surface area (Å²) in [5.74, 6) is 0.681. The van der Waals surface area contributed by atoms with Crippen molar-refractivity contribution >= 4 is 43.9 Å². The smallest absolute Gasteiger partial charge is 0.209 e. The first kappa shape index (κ1) is 20.8. The van der Waals surface area contributed by atoms with E-state index in [0.29, 0.717) is 25.2 Å². The Morgan fingerprint density at radius 2 is 2.07 bits per heavy atom. The molecule has 0 N–H and O–H groups in total. The molecule has 0 aliphatic carbocycles. The number of ether oxygens (including phenoxy) is 1. The third kappa shape index (κ3) is 4.52. The highest BCUT2D eigenvalue weighted by Crippen LogP contribution is 2.32. The molecule has 1 unspecified atom stereocenters. The minimum Gasteiger partial charge on any atom is -0.378 e. The second-order valence-electron chi connectivity index (χ2n) is 7.37. The van der Waals surface area contributed by atoms with Crippen LogP contribution in [0.25, 0.3) is 0 Å². The summed E-state index contributed by atoms with van der Waals surface area (Å²) in [7, 11) is -2.98. The molecule has 2 fully saturated rings. The summed E-state index contributed by atoms with van der Waals surface area (Å²) in [6.45, 7) is 6.83. The summed E-state index contributed by atoms with van der Waals surface area (Å²) in [5, 5.41) is 9.31. The molecule has 0 saturated carbocycles. The molecule has 0 aromatic carbocycles. The van der Waals surface area contributed by atoms with Crippen LogP contribution in [0.5, 0.6) is 0 Å². The summed E-state index contributed by atoms with van der Waals surface area (Å²) in [4.78, 5) is 15.0. The van der Waals surface area contributed by atoms with Crippen LogP contribution >= 0.6 is 23.1 Å². The van der Waals surface area contributed by atoms with Crippen LogP contribution in [-0.2, 0) is 14.6 Å².